The first kappa shape index (κ1) is 12.3. The molecule has 0 aromatic carbocycles. The number of carbonyl (C=O) groups excluding carboxylic acids is 1. The van der Waals surface area contributed by atoms with Crippen molar-refractivity contribution in [1.29, 1.82) is 0 Å². The fourth-order valence-corrected chi connectivity index (χ4v) is 2.17. The van der Waals surface area contributed by atoms with E-state index in [9.17, 15) is 4.79 Å². The van der Waals surface area contributed by atoms with Crippen molar-refractivity contribution >= 4 is 6.03 Å². The fourth-order valence-electron chi connectivity index (χ4n) is 2.17. The summed E-state index contributed by atoms with van der Waals surface area (Å²) in [4.78, 5) is 13.6. The van der Waals surface area contributed by atoms with E-state index >= 15 is 0 Å². The number of amides is 2. The van der Waals surface area contributed by atoms with E-state index in [4.69, 9.17) is 0 Å². The van der Waals surface area contributed by atoms with Gasteiger partial charge in [0.1, 0.15) is 0 Å². The Morgan fingerprint density at radius 2 is 1.87 bits per heavy atom. The Bertz CT molecular complexity index is 186. The average molecular weight is 212 g/mol. The van der Waals surface area contributed by atoms with Crippen molar-refractivity contribution in [3.63, 3.8) is 0 Å². The maximum absolute atomic E-state index is 11.7. The van der Waals surface area contributed by atoms with E-state index in [-0.39, 0.29) is 6.03 Å². The van der Waals surface area contributed by atoms with Gasteiger partial charge < -0.3 is 10.2 Å². The van der Waals surface area contributed by atoms with Crippen molar-refractivity contribution < 1.29 is 4.79 Å². The third-order valence-electron chi connectivity index (χ3n) is 3.22. The smallest absolute Gasteiger partial charge is 0.317 e. The highest BCUT2D eigenvalue weighted by Crippen LogP contribution is 2.20. The van der Waals surface area contributed by atoms with Crippen LogP contribution in [0, 0.1) is 0 Å². The number of nitrogens with one attached hydrogen (secondary N) is 1. The van der Waals surface area contributed by atoms with Crippen LogP contribution in [-0.4, -0.2) is 30.6 Å². The van der Waals surface area contributed by atoms with Gasteiger partial charge in [0, 0.05) is 19.6 Å². The van der Waals surface area contributed by atoms with Crippen LogP contribution >= 0.6 is 0 Å². The summed E-state index contributed by atoms with van der Waals surface area (Å²) in [6.45, 7) is 2.86. The average Bonchev–Trinajstić information content (AvgIpc) is 2.53. The molecule has 1 aliphatic carbocycles. The first-order valence-electron chi connectivity index (χ1n) is 6.26. The normalized spacial score (nSPS) is 18.3. The van der Waals surface area contributed by atoms with Gasteiger partial charge in [0.25, 0.3) is 0 Å². The van der Waals surface area contributed by atoms with Crippen molar-refractivity contribution in [2.75, 3.05) is 13.6 Å². The van der Waals surface area contributed by atoms with Crippen molar-refractivity contribution in [3.8, 4) is 0 Å². The molecule has 3 heteroatoms. The van der Waals surface area contributed by atoms with Crippen LogP contribution in [0.1, 0.15) is 51.9 Å². The molecule has 0 spiro atoms. The molecule has 3 nitrogen and oxygen atoms in total. The number of hydrogen-bond acceptors (Lipinski definition) is 1. The quantitative estimate of drug-likeness (QED) is 0.717. The number of nitrogens with zero attached hydrogens (tertiary/aromatic N) is 1. The minimum Gasteiger partial charge on any atom is -0.338 e. The maximum atomic E-state index is 11.7. The van der Waals surface area contributed by atoms with Crippen LogP contribution in [0.3, 0.4) is 0 Å². The zero-order valence-corrected chi connectivity index (χ0v) is 10.1. The summed E-state index contributed by atoms with van der Waals surface area (Å²) in [6, 6.07) is 0.563. The third kappa shape index (κ3) is 4.10. The summed E-state index contributed by atoms with van der Waals surface area (Å²) >= 11 is 0. The van der Waals surface area contributed by atoms with E-state index < -0.39 is 0 Å². The van der Waals surface area contributed by atoms with Gasteiger partial charge in [-0.1, -0.05) is 32.6 Å². The molecule has 1 rings (SSSR count). The minimum atomic E-state index is 0.101. The zero-order chi connectivity index (χ0) is 11.1. The predicted octanol–water partition coefficient (Wildman–Crippen LogP) is 2.76. The van der Waals surface area contributed by atoms with Gasteiger partial charge in [0.05, 0.1) is 0 Å². The lowest BCUT2D eigenvalue weighted by Gasteiger charge is -2.27. The third-order valence-corrected chi connectivity index (χ3v) is 3.22. The minimum absolute atomic E-state index is 0.101. The standard InChI is InChI=1S/C12H24N2O/c1-3-10-13-12(15)14(2)11-8-6-4-5-7-9-11/h11H,3-10H2,1-2H3,(H,13,15). The van der Waals surface area contributed by atoms with Gasteiger partial charge in [-0.2, -0.15) is 0 Å². The molecule has 2 amide bonds. The Morgan fingerprint density at radius 3 is 2.40 bits per heavy atom. The van der Waals surface area contributed by atoms with Gasteiger partial charge in [-0.05, 0) is 19.3 Å². The van der Waals surface area contributed by atoms with Gasteiger partial charge in [-0.25, -0.2) is 4.79 Å². The van der Waals surface area contributed by atoms with Crippen LogP contribution < -0.4 is 5.32 Å². The van der Waals surface area contributed by atoms with E-state index in [1.54, 1.807) is 0 Å². The molecule has 0 aliphatic heterocycles. The monoisotopic (exact) mass is 212 g/mol. The molecule has 0 bridgehead atoms. The van der Waals surface area contributed by atoms with Gasteiger partial charge in [0.2, 0.25) is 0 Å². The topological polar surface area (TPSA) is 32.3 Å². The van der Waals surface area contributed by atoms with Gasteiger partial charge in [0.15, 0.2) is 0 Å². The van der Waals surface area contributed by atoms with Crippen LogP contribution in [0.5, 0.6) is 0 Å². The van der Waals surface area contributed by atoms with Crippen molar-refractivity contribution in [2.24, 2.45) is 0 Å². The lowest BCUT2D eigenvalue weighted by molar-refractivity contribution is 0.184. The molecule has 1 aliphatic rings. The Hall–Kier alpha value is -0.730. The Kier molecular flexibility index (Phi) is 5.51. The summed E-state index contributed by atoms with van der Waals surface area (Å²) in [6.07, 6.45) is 8.57. The molecule has 15 heavy (non-hydrogen) atoms. The van der Waals surface area contributed by atoms with Crippen LogP contribution in [0.25, 0.3) is 0 Å². The van der Waals surface area contributed by atoms with E-state index in [0.29, 0.717) is 6.04 Å². The molecule has 0 radical (unpaired) electrons. The Balaban J connectivity index is 2.35. The van der Waals surface area contributed by atoms with Crippen LogP contribution in [0.4, 0.5) is 4.79 Å². The molecule has 1 saturated carbocycles. The summed E-state index contributed by atoms with van der Waals surface area (Å²) in [5, 5.41) is 2.94. The van der Waals surface area contributed by atoms with E-state index in [0.717, 1.165) is 13.0 Å². The van der Waals surface area contributed by atoms with Crippen LogP contribution in [0.2, 0.25) is 0 Å². The molecule has 0 aromatic heterocycles. The zero-order valence-electron chi connectivity index (χ0n) is 10.1. The van der Waals surface area contributed by atoms with Gasteiger partial charge in [-0.15, -0.1) is 0 Å². The molecule has 0 saturated heterocycles. The summed E-state index contributed by atoms with van der Waals surface area (Å²) < 4.78 is 0. The second-order valence-electron chi connectivity index (χ2n) is 4.49. The largest absolute Gasteiger partial charge is 0.338 e. The van der Waals surface area contributed by atoms with Crippen LogP contribution in [0.15, 0.2) is 0 Å². The number of urea groups is 1. The highest BCUT2D eigenvalue weighted by Gasteiger charge is 2.20. The first-order chi connectivity index (χ1) is 7.25. The second kappa shape index (κ2) is 6.70. The molecular weight excluding hydrogens is 188 g/mol. The Morgan fingerprint density at radius 1 is 1.27 bits per heavy atom. The molecule has 1 N–H and O–H groups in total. The van der Waals surface area contributed by atoms with Gasteiger partial charge >= 0.3 is 6.03 Å². The van der Waals surface area contributed by atoms with E-state index in [1.165, 1.54) is 38.5 Å². The summed E-state index contributed by atoms with van der Waals surface area (Å²) in [5.74, 6) is 0. The number of hydrogen-bond donors (Lipinski definition) is 1. The highest BCUT2D eigenvalue weighted by atomic mass is 16.2. The van der Waals surface area contributed by atoms with E-state index in [2.05, 4.69) is 12.2 Å². The van der Waals surface area contributed by atoms with Crippen LogP contribution in [-0.2, 0) is 0 Å². The molecular formula is C12H24N2O. The van der Waals surface area contributed by atoms with Crippen molar-refractivity contribution in [1.82, 2.24) is 10.2 Å². The molecule has 88 valence electrons. The summed E-state index contributed by atoms with van der Waals surface area (Å²) in [7, 11) is 1.93. The molecule has 0 atom stereocenters. The summed E-state index contributed by atoms with van der Waals surface area (Å²) in [5.41, 5.74) is 0. The molecule has 0 unspecified atom stereocenters. The van der Waals surface area contributed by atoms with Gasteiger partial charge in [-0.3, -0.25) is 0 Å². The Labute approximate surface area is 93.2 Å². The molecule has 1 fully saturated rings. The fraction of sp³-hybridized carbons (Fsp3) is 0.917. The maximum Gasteiger partial charge on any atom is 0.317 e. The number of carbonyl (C=O) groups is 1. The highest BCUT2D eigenvalue weighted by molar-refractivity contribution is 5.74. The molecule has 0 aromatic rings. The SMILES string of the molecule is CCCNC(=O)N(C)C1CCCCCC1. The lowest BCUT2D eigenvalue weighted by atomic mass is 10.1. The number of rotatable bonds is 3. The lowest BCUT2D eigenvalue weighted by Crippen LogP contribution is -2.43. The first-order valence-corrected chi connectivity index (χ1v) is 6.26. The van der Waals surface area contributed by atoms with Crippen molar-refractivity contribution in [3.05, 3.63) is 0 Å². The predicted molar refractivity (Wildman–Crippen MR) is 62.9 cm³/mol. The molecule has 0 heterocycles. The second-order valence-corrected chi connectivity index (χ2v) is 4.49. The van der Waals surface area contributed by atoms with Crippen molar-refractivity contribution in [2.45, 2.75) is 57.9 Å². The van der Waals surface area contributed by atoms with E-state index in [1.807, 2.05) is 11.9 Å².